The number of likely N-dealkylation sites (N-methyl/N-ethyl adjacent to an activating group) is 1. The van der Waals surface area contributed by atoms with Crippen LogP contribution in [0.25, 0.3) is 0 Å². The van der Waals surface area contributed by atoms with Gasteiger partial charge in [-0.15, -0.1) is 0 Å². The number of nitrogens with one attached hydrogen (secondary N) is 1. The number of ether oxygens (including phenoxy) is 1. The van der Waals surface area contributed by atoms with Crippen molar-refractivity contribution >= 4 is 11.6 Å². The van der Waals surface area contributed by atoms with E-state index in [2.05, 4.69) is 24.1 Å². The van der Waals surface area contributed by atoms with Crippen LogP contribution in [-0.4, -0.2) is 30.5 Å². The fourth-order valence-electron chi connectivity index (χ4n) is 2.76. The van der Waals surface area contributed by atoms with Crippen LogP contribution in [-0.2, 0) is 4.79 Å². The molecule has 4 heteroatoms. The van der Waals surface area contributed by atoms with Crippen molar-refractivity contribution in [3.63, 3.8) is 0 Å². The van der Waals surface area contributed by atoms with Crippen molar-refractivity contribution in [2.75, 3.05) is 25.0 Å². The fourth-order valence-corrected chi connectivity index (χ4v) is 2.76. The number of amides is 1. The van der Waals surface area contributed by atoms with Gasteiger partial charge in [-0.05, 0) is 49.8 Å². The molecule has 0 aromatic heterocycles. The molecule has 1 unspecified atom stereocenters. The van der Waals surface area contributed by atoms with E-state index in [0.717, 1.165) is 30.1 Å². The fraction of sp³-hybridized carbons (Fsp3) is 0.350. The monoisotopic (exact) mass is 326 g/mol. The van der Waals surface area contributed by atoms with Crippen LogP contribution in [0.4, 0.5) is 5.69 Å². The zero-order valence-electron chi connectivity index (χ0n) is 14.7. The van der Waals surface area contributed by atoms with Crippen molar-refractivity contribution in [3.8, 4) is 5.75 Å². The molecule has 1 amide bonds. The van der Waals surface area contributed by atoms with Crippen molar-refractivity contribution in [2.24, 2.45) is 0 Å². The number of benzene rings is 2. The van der Waals surface area contributed by atoms with E-state index in [1.807, 2.05) is 61.5 Å². The Morgan fingerprint density at radius 1 is 1.00 bits per heavy atom. The normalized spacial score (nSPS) is 12.0. The summed E-state index contributed by atoms with van der Waals surface area (Å²) in [5.74, 6) is 0.785. The van der Waals surface area contributed by atoms with Crippen LogP contribution >= 0.6 is 0 Å². The molecule has 0 saturated carbocycles. The average Bonchev–Trinajstić information content (AvgIpc) is 2.62. The first-order valence-electron chi connectivity index (χ1n) is 8.52. The molecule has 1 N–H and O–H groups in total. The second-order valence-corrected chi connectivity index (χ2v) is 5.48. The molecule has 0 aliphatic carbocycles. The molecule has 2 rings (SSSR count). The van der Waals surface area contributed by atoms with Gasteiger partial charge >= 0.3 is 0 Å². The van der Waals surface area contributed by atoms with Gasteiger partial charge in [-0.3, -0.25) is 9.69 Å². The SMILES string of the molecule is CCOc1ccc(NC(=O)C(c2ccccc2)N(CC)CC)cc1. The zero-order chi connectivity index (χ0) is 17.4. The quantitative estimate of drug-likeness (QED) is 0.794. The molecule has 0 spiro atoms. The minimum absolute atomic E-state index is 0.0194. The first kappa shape index (κ1) is 18.0. The molecule has 0 heterocycles. The lowest BCUT2D eigenvalue weighted by molar-refractivity contribution is -0.121. The molecule has 0 radical (unpaired) electrons. The first-order chi connectivity index (χ1) is 11.7. The van der Waals surface area contributed by atoms with Crippen LogP contribution in [0.15, 0.2) is 54.6 Å². The van der Waals surface area contributed by atoms with Gasteiger partial charge in [0, 0.05) is 5.69 Å². The Bertz CT molecular complexity index is 622. The van der Waals surface area contributed by atoms with Gasteiger partial charge in [0.2, 0.25) is 5.91 Å². The summed E-state index contributed by atoms with van der Waals surface area (Å²) in [4.78, 5) is 15.1. The molecule has 0 aliphatic heterocycles. The third-order valence-corrected chi connectivity index (χ3v) is 3.97. The van der Waals surface area contributed by atoms with Gasteiger partial charge in [-0.25, -0.2) is 0 Å². The number of carbonyl (C=O) groups is 1. The summed E-state index contributed by atoms with van der Waals surface area (Å²) in [6, 6.07) is 17.1. The highest BCUT2D eigenvalue weighted by Gasteiger charge is 2.25. The van der Waals surface area contributed by atoms with E-state index in [9.17, 15) is 4.79 Å². The standard InChI is InChI=1S/C20H26N2O2/c1-4-22(5-2)19(16-10-8-7-9-11-16)20(23)21-17-12-14-18(15-13-17)24-6-3/h7-15,19H,4-6H2,1-3H3,(H,21,23). The average molecular weight is 326 g/mol. The number of hydrogen-bond acceptors (Lipinski definition) is 3. The molecule has 0 bridgehead atoms. The van der Waals surface area contributed by atoms with Gasteiger partial charge in [0.05, 0.1) is 6.61 Å². The Labute approximate surface area is 144 Å². The van der Waals surface area contributed by atoms with Gasteiger partial charge in [0.25, 0.3) is 0 Å². The van der Waals surface area contributed by atoms with Crippen molar-refractivity contribution in [1.82, 2.24) is 4.90 Å². The van der Waals surface area contributed by atoms with Crippen LogP contribution in [0, 0.1) is 0 Å². The summed E-state index contributed by atoms with van der Waals surface area (Å²) >= 11 is 0. The smallest absolute Gasteiger partial charge is 0.246 e. The third-order valence-electron chi connectivity index (χ3n) is 3.97. The number of nitrogens with zero attached hydrogens (tertiary/aromatic N) is 1. The number of anilines is 1. The lowest BCUT2D eigenvalue weighted by atomic mass is 10.0. The Hall–Kier alpha value is -2.33. The highest BCUT2D eigenvalue weighted by molar-refractivity contribution is 5.95. The number of carbonyl (C=O) groups excluding carboxylic acids is 1. The minimum Gasteiger partial charge on any atom is -0.494 e. The van der Waals surface area contributed by atoms with E-state index in [-0.39, 0.29) is 11.9 Å². The zero-order valence-corrected chi connectivity index (χ0v) is 14.7. The molecule has 0 saturated heterocycles. The lowest BCUT2D eigenvalue weighted by Crippen LogP contribution is -2.37. The van der Waals surface area contributed by atoms with Crippen molar-refractivity contribution in [1.29, 1.82) is 0 Å². The van der Waals surface area contributed by atoms with Crippen LogP contribution in [0.1, 0.15) is 32.4 Å². The molecule has 0 aliphatic rings. The molecule has 0 fully saturated rings. The maximum Gasteiger partial charge on any atom is 0.246 e. The van der Waals surface area contributed by atoms with Gasteiger partial charge in [-0.1, -0.05) is 44.2 Å². The van der Waals surface area contributed by atoms with E-state index < -0.39 is 0 Å². The second kappa shape index (κ2) is 9.08. The van der Waals surface area contributed by atoms with Crippen LogP contribution < -0.4 is 10.1 Å². The van der Waals surface area contributed by atoms with Crippen molar-refractivity contribution < 1.29 is 9.53 Å². The summed E-state index contributed by atoms with van der Waals surface area (Å²) in [6.07, 6.45) is 0. The van der Waals surface area contributed by atoms with E-state index in [4.69, 9.17) is 4.74 Å². The van der Waals surface area contributed by atoms with E-state index in [1.54, 1.807) is 0 Å². The van der Waals surface area contributed by atoms with Gasteiger partial charge in [0.15, 0.2) is 0 Å². The largest absolute Gasteiger partial charge is 0.494 e. The Morgan fingerprint density at radius 3 is 2.17 bits per heavy atom. The van der Waals surface area contributed by atoms with Crippen LogP contribution in [0.3, 0.4) is 0 Å². The summed E-state index contributed by atoms with van der Waals surface area (Å²) in [5.41, 5.74) is 1.78. The second-order valence-electron chi connectivity index (χ2n) is 5.48. The van der Waals surface area contributed by atoms with Gasteiger partial charge in [0.1, 0.15) is 11.8 Å². The van der Waals surface area contributed by atoms with Crippen LogP contribution in [0.5, 0.6) is 5.75 Å². The molecule has 128 valence electrons. The summed E-state index contributed by atoms with van der Waals surface area (Å²) in [6.45, 7) is 8.35. The summed E-state index contributed by atoms with van der Waals surface area (Å²) < 4.78 is 5.43. The van der Waals surface area contributed by atoms with Gasteiger partial charge < -0.3 is 10.1 Å². The predicted molar refractivity (Wildman–Crippen MR) is 98.3 cm³/mol. The molecule has 2 aromatic rings. The predicted octanol–water partition coefficient (Wildman–Crippen LogP) is 4.11. The molecular formula is C20H26N2O2. The summed E-state index contributed by atoms with van der Waals surface area (Å²) in [7, 11) is 0. The Kier molecular flexibility index (Phi) is 6.82. The maximum absolute atomic E-state index is 12.9. The van der Waals surface area contributed by atoms with Crippen LogP contribution in [0.2, 0.25) is 0 Å². The van der Waals surface area contributed by atoms with E-state index >= 15 is 0 Å². The van der Waals surface area contributed by atoms with Gasteiger partial charge in [-0.2, -0.15) is 0 Å². The number of hydrogen-bond donors (Lipinski definition) is 1. The van der Waals surface area contributed by atoms with Crippen molar-refractivity contribution in [2.45, 2.75) is 26.8 Å². The Balaban J connectivity index is 2.18. The molecule has 4 nitrogen and oxygen atoms in total. The summed E-state index contributed by atoms with van der Waals surface area (Å²) in [5, 5.41) is 3.02. The molecule has 24 heavy (non-hydrogen) atoms. The third kappa shape index (κ3) is 4.59. The highest BCUT2D eigenvalue weighted by Crippen LogP contribution is 2.23. The van der Waals surface area contributed by atoms with E-state index in [1.165, 1.54) is 0 Å². The van der Waals surface area contributed by atoms with E-state index in [0.29, 0.717) is 6.61 Å². The minimum atomic E-state index is -0.298. The maximum atomic E-state index is 12.9. The topological polar surface area (TPSA) is 41.6 Å². The first-order valence-corrected chi connectivity index (χ1v) is 8.52. The lowest BCUT2D eigenvalue weighted by Gasteiger charge is -2.29. The highest BCUT2D eigenvalue weighted by atomic mass is 16.5. The molecule has 2 aromatic carbocycles. The number of rotatable bonds is 8. The molecule has 1 atom stereocenters. The molecular weight excluding hydrogens is 300 g/mol. The van der Waals surface area contributed by atoms with Crippen molar-refractivity contribution in [3.05, 3.63) is 60.2 Å². The Morgan fingerprint density at radius 2 is 1.62 bits per heavy atom.